The maximum Gasteiger partial charge on any atom is 0.410 e. The van der Waals surface area contributed by atoms with Crippen molar-refractivity contribution in [2.45, 2.75) is 64.8 Å². The van der Waals surface area contributed by atoms with Crippen LogP contribution in [0.5, 0.6) is 0 Å². The lowest BCUT2D eigenvalue weighted by Crippen LogP contribution is -2.55. The molecule has 5 nitrogen and oxygen atoms in total. The summed E-state index contributed by atoms with van der Waals surface area (Å²) < 4.78 is 6.49. The highest BCUT2D eigenvalue weighted by molar-refractivity contribution is 9.10. The van der Waals surface area contributed by atoms with Crippen LogP contribution in [0.4, 0.5) is 4.79 Å². The van der Waals surface area contributed by atoms with Gasteiger partial charge in [0.25, 0.3) is 0 Å². The highest BCUT2D eigenvalue weighted by atomic mass is 79.9. The SMILES string of the molecule is CC1C(NCc2cncc(Br)c2)CCCN1C(=O)OC(C)(C)C. The van der Waals surface area contributed by atoms with E-state index < -0.39 is 5.60 Å². The van der Waals surface area contributed by atoms with E-state index in [9.17, 15) is 4.79 Å². The highest BCUT2D eigenvalue weighted by Crippen LogP contribution is 2.21. The van der Waals surface area contributed by atoms with E-state index >= 15 is 0 Å². The van der Waals surface area contributed by atoms with Gasteiger partial charge in [-0.3, -0.25) is 4.98 Å². The number of rotatable bonds is 3. The lowest BCUT2D eigenvalue weighted by Gasteiger charge is -2.40. The average molecular weight is 384 g/mol. The van der Waals surface area contributed by atoms with Crippen molar-refractivity contribution < 1.29 is 9.53 Å². The van der Waals surface area contributed by atoms with Crippen LogP contribution in [0.15, 0.2) is 22.9 Å². The molecule has 0 radical (unpaired) electrons. The Morgan fingerprint density at radius 3 is 2.87 bits per heavy atom. The maximum atomic E-state index is 12.3. The number of carbonyl (C=O) groups excluding carboxylic acids is 1. The third kappa shape index (κ3) is 5.46. The molecule has 2 rings (SSSR count). The zero-order valence-electron chi connectivity index (χ0n) is 14.3. The molecule has 0 aromatic carbocycles. The Balaban J connectivity index is 1.94. The topological polar surface area (TPSA) is 54.5 Å². The van der Waals surface area contributed by atoms with Crippen molar-refractivity contribution in [2.75, 3.05) is 6.54 Å². The van der Waals surface area contributed by atoms with E-state index in [1.165, 1.54) is 0 Å². The van der Waals surface area contributed by atoms with Crippen molar-refractivity contribution in [3.05, 3.63) is 28.5 Å². The Labute approximate surface area is 146 Å². The number of halogens is 1. The minimum atomic E-state index is -0.459. The van der Waals surface area contributed by atoms with Crippen molar-refractivity contribution in [3.63, 3.8) is 0 Å². The monoisotopic (exact) mass is 383 g/mol. The quantitative estimate of drug-likeness (QED) is 0.863. The molecule has 1 aromatic rings. The molecule has 1 amide bonds. The van der Waals surface area contributed by atoms with Crippen LogP contribution in [0.2, 0.25) is 0 Å². The summed E-state index contributed by atoms with van der Waals surface area (Å²) in [6.45, 7) is 9.27. The van der Waals surface area contributed by atoms with Gasteiger partial charge in [0.15, 0.2) is 0 Å². The molecule has 1 aliphatic heterocycles. The van der Waals surface area contributed by atoms with Gasteiger partial charge in [0, 0.05) is 42.0 Å². The molecule has 1 aliphatic rings. The number of carbonyl (C=O) groups is 1. The molecule has 1 fully saturated rings. The second-order valence-electron chi connectivity index (χ2n) is 7.06. The molecule has 2 unspecified atom stereocenters. The minimum absolute atomic E-state index is 0.110. The fourth-order valence-corrected chi connectivity index (χ4v) is 3.21. The molecule has 1 aromatic heterocycles. The van der Waals surface area contributed by atoms with Crippen molar-refractivity contribution in [1.29, 1.82) is 0 Å². The van der Waals surface area contributed by atoms with Gasteiger partial charge in [-0.2, -0.15) is 0 Å². The van der Waals surface area contributed by atoms with E-state index in [4.69, 9.17) is 4.74 Å². The molecule has 23 heavy (non-hydrogen) atoms. The molecule has 0 bridgehead atoms. The Bertz CT molecular complexity index is 545. The number of ether oxygens (including phenoxy) is 1. The van der Waals surface area contributed by atoms with Gasteiger partial charge >= 0.3 is 6.09 Å². The van der Waals surface area contributed by atoms with Crippen molar-refractivity contribution in [1.82, 2.24) is 15.2 Å². The van der Waals surface area contributed by atoms with Crippen molar-refractivity contribution >= 4 is 22.0 Å². The maximum absolute atomic E-state index is 12.3. The lowest BCUT2D eigenvalue weighted by atomic mass is 9.97. The summed E-state index contributed by atoms with van der Waals surface area (Å²) in [5.74, 6) is 0. The Hall–Kier alpha value is -1.14. The van der Waals surface area contributed by atoms with E-state index in [0.29, 0.717) is 0 Å². The normalized spacial score (nSPS) is 22.0. The average Bonchev–Trinajstić information content (AvgIpc) is 2.44. The number of aromatic nitrogens is 1. The molecule has 0 aliphatic carbocycles. The number of hydrogen-bond donors (Lipinski definition) is 1. The fourth-order valence-electron chi connectivity index (χ4n) is 2.80. The number of nitrogens with zero attached hydrogens (tertiary/aromatic N) is 2. The Kier molecular flexibility index (Phi) is 6.03. The van der Waals surface area contributed by atoms with Gasteiger partial charge in [0.05, 0.1) is 0 Å². The van der Waals surface area contributed by atoms with Gasteiger partial charge in [0.1, 0.15) is 5.60 Å². The largest absolute Gasteiger partial charge is 0.444 e. The van der Waals surface area contributed by atoms with E-state index in [0.717, 1.165) is 36.0 Å². The van der Waals surface area contributed by atoms with E-state index in [2.05, 4.69) is 39.2 Å². The van der Waals surface area contributed by atoms with Crippen LogP contribution < -0.4 is 5.32 Å². The molecular weight excluding hydrogens is 358 g/mol. The first-order valence-electron chi connectivity index (χ1n) is 8.09. The Morgan fingerprint density at radius 2 is 2.22 bits per heavy atom. The number of amides is 1. The molecule has 2 atom stereocenters. The molecule has 1 N–H and O–H groups in total. The summed E-state index contributed by atoms with van der Waals surface area (Å²) in [7, 11) is 0. The number of pyridine rings is 1. The van der Waals surface area contributed by atoms with Crippen LogP contribution in [0, 0.1) is 0 Å². The summed E-state index contributed by atoms with van der Waals surface area (Å²) in [6.07, 6.45) is 5.45. The molecule has 2 heterocycles. The summed E-state index contributed by atoms with van der Waals surface area (Å²) in [5.41, 5.74) is 0.667. The number of hydrogen-bond acceptors (Lipinski definition) is 4. The Morgan fingerprint density at radius 1 is 1.48 bits per heavy atom. The molecular formula is C17H26BrN3O2. The van der Waals surface area contributed by atoms with Crippen LogP contribution >= 0.6 is 15.9 Å². The van der Waals surface area contributed by atoms with Gasteiger partial charge in [-0.05, 0) is 68.1 Å². The predicted octanol–water partition coefficient (Wildman–Crippen LogP) is 3.72. The van der Waals surface area contributed by atoms with Crippen LogP contribution in [0.3, 0.4) is 0 Å². The van der Waals surface area contributed by atoms with Gasteiger partial charge in [-0.1, -0.05) is 0 Å². The predicted molar refractivity (Wildman–Crippen MR) is 94.2 cm³/mol. The van der Waals surface area contributed by atoms with Gasteiger partial charge in [-0.25, -0.2) is 4.79 Å². The van der Waals surface area contributed by atoms with Crippen LogP contribution in [-0.2, 0) is 11.3 Å². The fraction of sp³-hybridized carbons (Fsp3) is 0.647. The first-order valence-corrected chi connectivity index (χ1v) is 8.88. The van der Waals surface area contributed by atoms with E-state index in [1.807, 2.05) is 31.9 Å². The van der Waals surface area contributed by atoms with Crippen molar-refractivity contribution in [2.24, 2.45) is 0 Å². The number of nitrogens with one attached hydrogen (secondary N) is 1. The van der Waals surface area contributed by atoms with E-state index in [1.54, 1.807) is 6.20 Å². The van der Waals surface area contributed by atoms with E-state index in [-0.39, 0.29) is 18.2 Å². The number of piperidine rings is 1. The summed E-state index contributed by atoms with van der Waals surface area (Å²) in [4.78, 5) is 18.4. The second kappa shape index (κ2) is 7.62. The van der Waals surface area contributed by atoms with Crippen molar-refractivity contribution in [3.8, 4) is 0 Å². The van der Waals surface area contributed by atoms with Crippen LogP contribution in [0.25, 0.3) is 0 Å². The zero-order valence-corrected chi connectivity index (χ0v) is 15.9. The lowest BCUT2D eigenvalue weighted by molar-refractivity contribution is 0.00699. The van der Waals surface area contributed by atoms with Crippen LogP contribution in [-0.4, -0.2) is 40.2 Å². The minimum Gasteiger partial charge on any atom is -0.444 e. The second-order valence-corrected chi connectivity index (χ2v) is 7.97. The summed E-state index contributed by atoms with van der Waals surface area (Å²) in [5, 5.41) is 3.55. The van der Waals surface area contributed by atoms with Gasteiger partial charge < -0.3 is 15.0 Å². The first kappa shape index (κ1) is 18.2. The van der Waals surface area contributed by atoms with Gasteiger partial charge in [0.2, 0.25) is 0 Å². The third-order valence-corrected chi connectivity index (χ3v) is 4.38. The number of likely N-dealkylation sites (tertiary alicyclic amines) is 1. The smallest absolute Gasteiger partial charge is 0.410 e. The highest BCUT2D eigenvalue weighted by Gasteiger charge is 2.33. The molecule has 128 valence electrons. The molecule has 6 heteroatoms. The summed E-state index contributed by atoms with van der Waals surface area (Å²) in [6, 6.07) is 2.42. The van der Waals surface area contributed by atoms with Gasteiger partial charge in [-0.15, -0.1) is 0 Å². The van der Waals surface area contributed by atoms with Crippen LogP contribution in [0.1, 0.15) is 46.1 Å². The molecule has 1 saturated heterocycles. The standard InChI is InChI=1S/C17H26BrN3O2/c1-12-15(20-10-13-8-14(18)11-19-9-13)6-5-7-21(12)16(22)23-17(2,3)4/h8-9,11-12,15,20H,5-7,10H2,1-4H3. The first-order chi connectivity index (χ1) is 10.8. The summed E-state index contributed by atoms with van der Waals surface area (Å²) >= 11 is 3.44. The third-order valence-electron chi connectivity index (χ3n) is 3.95. The molecule has 0 spiro atoms. The molecule has 0 saturated carbocycles. The zero-order chi connectivity index (χ0) is 17.0.